The number of hydrogen-bond acceptors (Lipinski definition) is 3. The van der Waals surface area contributed by atoms with Gasteiger partial charge in [-0.15, -0.1) is 11.3 Å². The Morgan fingerprint density at radius 2 is 2.12 bits per heavy atom. The van der Waals surface area contributed by atoms with Gasteiger partial charge in [-0.2, -0.15) is 0 Å². The molecular weight excluding hydrogens is 218 g/mol. The van der Waals surface area contributed by atoms with Crippen molar-refractivity contribution in [1.82, 2.24) is 4.98 Å². The van der Waals surface area contributed by atoms with Gasteiger partial charge in [-0.25, -0.2) is 0 Å². The molecule has 1 saturated carbocycles. The van der Waals surface area contributed by atoms with E-state index in [0.29, 0.717) is 11.8 Å². The smallest absolute Gasteiger partial charge is 0.0932 e. The van der Waals surface area contributed by atoms with Crippen molar-refractivity contribution < 1.29 is 5.11 Å². The predicted octanol–water partition coefficient (Wildman–Crippen LogP) is 2.98. The molecule has 1 aromatic carbocycles. The van der Waals surface area contributed by atoms with Crippen LogP contribution in [0.1, 0.15) is 28.9 Å². The topological polar surface area (TPSA) is 33.1 Å². The summed E-state index contributed by atoms with van der Waals surface area (Å²) in [7, 11) is 0. The molecule has 3 atom stereocenters. The normalized spacial score (nSPS) is 25.3. The Morgan fingerprint density at radius 1 is 1.31 bits per heavy atom. The Bertz CT molecular complexity index is 454. The second-order valence-corrected chi connectivity index (χ2v) is 5.18. The van der Waals surface area contributed by atoms with Gasteiger partial charge < -0.3 is 5.11 Å². The maximum atomic E-state index is 10.2. The monoisotopic (exact) mass is 231 g/mol. The minimum atomic E-state index is -0.335. The van der Waals surface area contributed by atoms with Crippen LogP contribution in [-0.2, 0) is 0 Å². The lowest BCUT2D eigenvalue weighted by molar-refractivity contribution is 0.155. The molecule has 3 unspecified atom stereocenters. The van der Waals surface area contributed by atoms with E-state index < -0.39 is 0 Å². The highest BCUT2D eigenvalue weighted by atomic mass is 32.1. The van der Waals surface area contributed by atoms with Crippen molar-refractivity contribution in [1.29, 1.82) is 0 Å². The van der Waals surface area contributed by atoms with Gasteiger partial charge in [0.15, 0.2) is 0 Å². The van der Waals surface area contributed by atoms with Crippen molar-refractivity contribution in [3.63, 3.8) is 0 Å². The van der Waals surface area contributed by atoms with E-state index in [2.05, 4.69) is 29.2 Å². The van der Waals surface area contributed by atoms with Crippen LogP contribution in [0.2, 0.25) is 0 Å². The van der Waals surface area contributed by atoms with Gasteiger partial charge >= 0.3 is 0 Å². The van der Waals surface area contributed by atoms with Gasteiger partial charge in [0.25, 0.3) is 0 Å². The van der Waals surface area contributed by atoms with E-state index in [9.17, 15) is 5.11 Å². The molecular formula is C13H13NOS. The second-order valence-electron chi connectivity index (χ2n) is 4.27. The third kappa shape index (κ3) is 1.77. The van der Waals surface area contributed by atoms with Crippen molar-refractivity contribution >= 4 is 11.3 Å². The van der Waals surface area contributed by atoms with Crippen LogP contribution >= 0.6 is 11.3 Å². The number of thiazole rings is 1. The summed E-state index contributed by atoms with van der Waals surface area (Å²) in [4.78, 5) is 5.00. The first-order valence-electron chi connectivity index (χ1n) is 5.47. The Morgan fingerprint density at radius 3 is 2.81 bits per heavy atom. The second kappa shape index (κ2) is 4.00. The highest BCUT2D eigenvalue weighted by Crippen LogP contribution is 2.54. The first-order chi connectivity index (χ1) is 7.86. The lowest BCUT2D eigenvalue weighted by atomic mass is 10.1. The number of hydrogen-bond donors (Lipinski definition) is 1. The fraction of sp³-hybridized carbons (Fsp3) is 0.308. The van der Waals surface area contributed by atoms with E-state index in [1.165, 1.54) is 16.9 Å². The predicted molar refractivity (Wildman–Crippen MR) is 64.4 cm³/mol. The van der Waals surface area contributed by atoms with E-state index in [-0.39, 0.29) is 6.10 Å². The summed E-state index contributed by atoms with van der Waals surface area (Å²) in [6, 6.07) is 10.4. The standard InChI is InChI=1S/C13H13NOS/c15-13(12-7-14-8-16-12)11-6-10(11)9-4-2-1-3-5-9/h1-5,7-8,10-11,13,15H,6H2. The van der Waals surface area contributed by atoms with Crippen LogP contribution in [0.25, 0.3) is 0 Å². The zero-order valence-corrected chi connectivity index (χ0v) is 9.60. The van der Waals surface area contributed by atoms with Crippen molar-refractivity contribution in [2.45, 2.75) is 18.4 Å². The van der Waals surface area contributed by atoms with Gasteiger partial charge in [-0.05, 0) is 23.8 Å². The molecule has 1 N–H and O–H groups in total. The molecule has 2 aromatic rings. The highest BCUT2D eigenvalue weighted by molar-refractivity contribution is 7.09. The maximum Gasteiger partial charge on any atom is 0.0932 e. The lowest BCUT2D eigenvalue weighted by Gasteiger charge is -2.07. The number of aliphatic hydroxyl groups excluding tert-OH is 1. The fourth-order valence-electron chi connectivity index (χ4n) is 2.23. The van der Waals surface area contributed by atoms with Gasteiger partial charge in [-0.1, -0.05) is 30.3 Å². The number of aromatic nitrogens is 1. The van der Waals surface area contributed by atoms with Crippen LogP contribution in [0.4, 0.5) is 0 Å². The molecule has 2 nitrogen and oxygen atoms in total. The first kappa shape index (κ1) is 10.00. The lowest BCUT2D eigenvalue weighted by Crippen LogP contribution is -1.98. The summed E-state index contributed by atoms with van der Waals surface area (Å²) < 4.78 is 0. The number of aliphatic hydroxyl groups is 1. The molecule has 3 heteroatoms. The fourth-order valence-corrected chi connectivity index (χ4v) is 2.91. The average molecular weight is 231 g/mol. The molecule has 0 spiro atoms. The van der Waals surface area contributed by atoms with Crippen molar-refractivity contribution in [2.24, 2.45) is 5.92 Å². The van der Waals surface area contributed by atoms with Crippen molar-refractivity contribution in [3.8, 4) is 0 Å². The van der Waals surface area contributed by atoms with Gasteiger partial charge in [0.2, 0.25) is 0 Å². The van der Waals surface area contributed by atoms with Gasteiger partial charge in [0.1, 0.15) is 0 Å². The summed E-state index contributed by atoms with van der Waals surface area (Å²) in [6.07, 6.45) is 2.52. The minimum Gasteiger partial charge on any atom is -0.387 e. The van der Waals surface area contributed by atoms with Gasteiger partial charge in [0, 0.05) is 6.20 Å². The Balaban J connectivity index is 1.73. The summed E-state index contributed by atoms with van der Waals surface area (Å²) >= 11 is 1.54. The van der Waals surface area contributed by atoms with Gasteiger partial charge in [0.05, 0.1) is 16.5 Å². The number of rotatable bonds is 3. The van der Waals surface area contributed by atoms with Crippen LogP contribution in [0.5, 0.6) is 0 Å². The zero-order chi connectivity index (χ0) is 11.0. The minimum absolute atomic E-state index is 0.335. The average Bonchev–Trinajstić information content (AvgIpc) is 2.95. The highest BCUT2D eigenvalue weighted by Gasteiger charge is 2.44. The third-order valence-corrected chi connectivity index (χ3v) is 4.06. The summed E-state index contributed by atoms with van der Waals surface area (Å²) in [5.41, 5.74) is 3.12. The Kier molecular flexibility index (Phi) is 2.50. The van der Waals surface area contributed by atoms with Crippen LogP contribution in [0, 0.1) is 5.92 Å². The van der Waals surface area contributed by atoms with E-state index in [1.807, 2.05) is 6.07 Å². The Labute approximate surface area is 98.6 Å². The van der Waals surface area contributed by atoms with Crippen LogP contribution in [0.15, 0.2) is 42.0 Å². The molecule has 0 radical (unpaired) electrons. The summed E-state index contributed by atoms with van der Waals surface area (Å²) in [6.45, 7) is 0. The molecule has 0 bridgehead atoms. The summed E-state index contributed by atoms with van der Waals surface area (Å²) in [5.74, 6) is 0.904. The van der Waals surface area contributed by atoms with Crippen molar-refractivity contribution in [2.75, 3.05) is 0 Å². The SMILES string of the molecule is OC(c1cncs1)C1CC1c1ccccc1. The third-order valence-electron chi connectivity index (χ3n) is 3.22. The quantitative estimate of drug-likeness (QED) is 0.881. The molecule has 0 amide bonds. The molecule has 0 saturated heterocycles. The largest absolute Gasteiger partial charge is 0.387 e. The molecule has 1 aromatic heterocycles. The molecule has 16 heavy (non-hydrogen) atoms. The summed E-state index contributed by atoms with van der Waals surface area (Å²) in [5, 5.41) is 10.2. The number of benzene rings is 1. The van der Waals surface area contributed by atoms with Crippen LogP contribution in [-0.4, -0.2) is 10.1 Å². The molecule has 1 heterocycles. The zero-order valence-electron chi connectivity index (χ0n) is 8.78. The van der Waals surface area contributed by atoms with Gasteiger partial charge in [-0.3, -0.25) is 4.98 Å². The maximum absolute atomic E-state index is 10.2. The van der Waals surface area contributed by atoms with Crippen LogP contribution in [0.3, 0.4) is 0 Å². The first-order valence-corrected chi connectivity index (χ1v) is 6.35. The molecule has 82 valence electrons. The van der Waals surface area contributed by atoms with Crippen molar-refractivity contribution in [3.05, 3.63) is 52.5 Å². The van der Waals surface area contributed by atoms with Crippen LogP contribution < -0.4 is 0 Å². The number of nitrogens with zero attached hydrogens (tertiary/aromatic N) is 1. The molecule has 1 aliphatic rings. The van der Waals surface area contributed by atoms with E-state index >= 15 is 0 Å². The Hall–Kier alpha value is -1.19. The molecule has 0 aliphatic heterocycles. The molecule has 1 aliphatic carbocycles. The van der Waals surface area contributed by atoms with E-state index in [1.54, 1.807) is 11.7 Å². The van der Waals surface area contributed by atoms with E-state index in [4.69, 9.17) is 0 Å². The van der Waals surface area contributed by atoms with E-state index in [0.717, 1.165) is 11.3 Å². The molecule has 1 fully saturated rings. The molecule has 3 rings (SSSR count).